The van der Waals surface area contributed by atoms with Crippen LogP contribution in [0.2, 0.25) is 0 Å². The average Bonchev–Trinajstić information content (AvgIpc) is 3.22. The Hall–Kier alpha value is -1.47. The molecule has 85 heavy (non-hydrogen) atoms. The second-order valence-electron chi connectivity index (χ2n) is 25.0. The van der Waals surface area contributed by atoms with Crippen molar-refractivity contribution in [2.75, 3.05) is 26.4 Å². The first-order chi connectivity index (χ1) is 41.3. The fourth-order valence-corrected chi connectivity index (χ4v) is 12.0. The molecule has 0 aliphatic carbocycles. The highest BCUT2D eigenvalue weighted by molar-refractivity contribution is 5.76. The molecule has 0 bridgehead atoms. The second-order valence-corrected chi connectivity index (χ2v) is 25.0. The summed E-state index contributed by atoms with van der Waals surface area (Å²) in [6.45, 7) is 1.74. The van der Waals surface area contributed by atoms with E-state index < -0.39 is 124 Å². The van der Waals surface area contributed by atoms with Gasteiger partial charge >= 0.3 is 0 Å². The summed E-state index contributed by atoms with van der Waals surface area (Å²) in [6.07, 6.45) is 26.5. The van der Waals surface area contributed by atoms with E-state index in [0.717, 1.165) is 44.9 Å². The first-order valence-electron chi connectivity index (χ1n) is 34.4. The summed E-state index contributed by atoms with van der Waals surface area (Å²) >= 11 is 0. The number of hydrogen-bond acceptors (Lipinski definition) is 18. The summed E-state index contributed by atoms with van der Waals surface area (Å²) in [7, 11) is 0. The van der Waals surface area contributed by atoms with E-state index in [1.165, 1.54) is 199 Å². The molecule has 3 rings (SSSR count). The molecule has 3 fully saturated rings. The van der Waals surface area contributed by atoms with E-state index >= 15 is 0 Å². The van der Waals surface area contributed by atoms with Gasteiger partial charge in [0.1, 0.15) is 73.2 Å². The van der Waals surface area contributed by atoms with Crippen LogP contribution >= 0.6 is 0 Å². The molecule has 3 aliphatic rings. The van der Waals surface area contributed by atoms with E-state index in [2.05, 4.69) is 19.2 Å². The number of carbonyl (C=O) groups is 1. The topological polar surface area (TPSA) is 307 Å². The van der Waals surface area contributed by atoms with Crippen molar-refractivity contribution in [3.63, 3.8) is 0 Å². The largest absolute Gasteiger partial charge is 0.394 e. The molecule has 502 valence electrons. The molecular weight excluding hydrogens is 1090 g/mol. The van der Waals surface area contributed by atoms with Gasteiger partial charge in [0.2, 0.25) is 5.91 Å². The number of aliphatic hydroxyl groups is 11. The summed E-state index contributed by atoms with van der Waals surface area (Å²) in [4.78, 5) is 13.3. The van der Waals surface area contributed by atoms with Gasteiger partial charge in [0.15, 0.2) is 18.9 Å². The molecular formula is C66H125NO18. The minimum atomic E-state index is -1.97. The molecule has 0 saturated carbocycles. The molecule has 0 aromatic rings. The van der Waals surface area contributed by atoms with Crippen molar-refractivity contribution in [2.45, 2.75) is 375 Å². The second kappa shape index (κ2) is 49.3. The van der Waals surface area contributed by atoms with Gasteiger partial charge in [-0.15, -0.1) is 0 Å². The van der Waals surface area contributed by atoms with Crippen LogP contribution in [0.15, 0.2) is 12.2 Å². The number of ether oxygens (including phenoxy) is 6. The smallest absolute Gasteiger partial charge is 0.220 e. The van der Waals surface area contributed by atoms with Crippen molar-refractivity contribution in [1.82, 2.24) is 5.32 Å². The molecule has 0 spiro atoms. The van der Waals surface area contributed by atoms with E-state index in [-0.39, 0.29) is 18.9 Å². The van der Waals surface area contributed by atoms with Crippen molar-refractivity contribution >= 4 is 5.91 Å². The number of carbonyl (C=O) groups excluding carboxylic acids is 1. The van der Waals surface area contributed by atoms with Crippen molar-refractivity contribution in [3.05, 3.63) is 12.2 Å². The Labute approximate surface area is 512 Å². The molecule has 12 N–H and O–H groups in total. The lowest BCUT2D eigenvalue weighted by atomic mass is 9.96. The third kappa shape index (κ3) is 31.9. The highest BCUT2D eigenvalue weighted by Crippen LogP contribution is 2.33. The minimum absolute atomic E-state index is 0.248. The number of unbranched alkanes of at least 4 members (excludes halogenated alkanes) is 37. The molecule has 0 radical (unpaired) electrons. The van der Waals surface area contributed by atoms with Crippen molar-refractivity contribution in [1.29, 1.82) is 0 Å². The van der Waals surface area contributed by atoms with Crippen molar-refractivity contribution < 1.29 is 89.4 Å². The molecule has 17 unspecified atom stereocenters. The zero-order valence-electron chi connectivity index (χ0n) is 52.9. The Morgan fingerprint density at radius 3 is 1.11 bits per heavy atom. The third-order valence-electron chi connectivity index (χ3n) is 17.6. The highest BCUT2D eigenvalue weighted by Gasteiger charge is 2.53. The maximum Gasteiger partial charge on any atom is 0.220 e. The first kappa shape index (κ1) is 77.8. The van der Waals surface area contributed by atoms with Crippen LogP contribution in [0.4, 0.5) is 0 Å². The van der Waals surface area contributed by atoms with Gasteiger partial charge in [-0.3, -0.25) is 4.79 Å². The zero-order chi connectivity index (χ0) is 61.9. The standard InChI is InChI=1S/C66H125NO18/c1-3-5-7-9-11-13-15-16-17-18-19-20-21-22-23-24-25-26-27-28-29-30-31-32-34-35-37-39-41-43-50(71)49(67-54(72)44-42-40-38-36-33-14-12-10-8-6-4-2)48-80-64-60(78)57(75)62(52(46-69)82-64)85-66-61(79)58(76)63(53(47-70)83-66)84-65-59(77)56(74)55(73)51(45-68)81-65/h41,43,49-53,55-66,68-71,73-79H,3-40,42,44-48H2,1-2H3,(H,67,72)/b43-41+. The SMILES string of the molecule is CCCCCCCCCCCCCCCCCCCCCCCCCCCCC/C=C/C(O)C(COC1OC(CO)C(OC2OC(CO)C(OC3OC(CO)C(O)C(O)C3O)C(O)C2O)C(O)C1O)NC(=O)CCCCCCCCCCCCC. The minimum Gasteiger partial charge on any atom is -0.394 e. The van der Waals surface area contributed by atoms with Gasteiger partial charge in [0.05, 0.1) is 38.6 Å². The van der Waals surface area contributed by atoms with Gasteiger partial charge in [-0.25, -0.2) is 0 Å². The molecule has 19 nitrogen and oxygen atoms in total. The molecule has 19 heteroatoms. The highest BCUT2D eigenvalue weighted by atomic mass is 16.8. The van der Waals surface area contributed by atoms with E-state index in [0.29, 0.717) is 6.42 Å². The van der Waals surface area contributed by atoms with Crippen LogP contribution in [0.3, 0.4) is 0 Å². The van der Waals surface area contributed by atoms with E-state index in [1.807, 2.05) is 6.08 Å². The number of hydrogen-bond donors (Lipinski definition) is 12. The van der Waals surface area contributed by atoms with Crippen LogP contribution in [-0.2, 0) is 33.2 Å². The van der Waals surface area contributed by atoms with Gasteiger partial charge in [-0.05, 0) is 19.3 Å². The number of aliphatic hydroxyl groups excluding tert-OH is 11. The lowest BCUT2D eigenvalue weighted by molar-refractivity contribution is -0.379. The van der Waals surface area contributed by atoms with Crippen LogP contribution in [0, 0.1) is 0 Å². The Balaban J connectivity index is 1.39. The van der Waals surface area contributed by atoms with E-state index in [4.69, 9.17) is 28.4 Å². The predicted octanol–water partition coefficient (Wildman–Crippen LogP) is 8.50. The third-order valence-corrected chi connectivity index (χ3v) is 17.6. The summed E-state index contributed by atoms with van der Waals surface area (Å²) in [5.41, 5.74) is 0. The van der Waals surface area contributed by atoms with Crippen LogP contribution in [0.1, 0.15) is 271 Å². The van der Waals surface area contributed by atoms with Crippen molar-refractivity contribution in [2.24, 2.45) is 0 Å². The van der Waals surface area contributed by atoms with Gasteiger partial charge in [0, 0.05) is 6.42 Å². The number of amides is 1. The van der Waals surface area contributed by atoms with Gasteiger partial charge < -0.3 is 89.9 Å². The van der Waals surface area contributed by atoms with Crippen LogP contribution < -0.4 is 5.32 Å². The molecule has 0 aromatic carbocycles. The van der Waals surface area contributed by atoms with E-state index in [1.54, 1.807) is 6.08 Å². The predicted molar refractivity (Wildman–Crippen MR) is 328 cm³/mol. The monoisotopic (exact) mass is 1220 g/mol. The molecule has 3 heterocycles. The molecule has 1 amide bonds. The number of rotatable bonds is 53. The Morgan fingerprint density at radius 1 is 0.412 bits per heavy atom. The number of allylic oxidation sites excluding steroid dienone is 1. The maximum absolute atomic E-state index is 13.3. The molecule has 0 aromatic heterocycles. The normalized spacial score (nSPS) is 29.0. The van der Waals surface area contributed by atoms with Crippen LogP contribution in [0.5, 0.6) is 0 Å². The summed E-state index contributed by atoms with van der Waals surface area (Å²) in [6, 6.07) is -0.967. The van der Waals surface area contributed by atoms with Crippen molar-refractivity contribution in [3.8, 4) is 0 Å². The molecule has 17 atom stereocenters. The Bertz CT molecular complexity index is 1600. The fraction of sp³-hybridized carbons (Fsp3) is 0.955. The summed E-state index contributed by atoms with van der Waals surface area (Å²) < 4.78 is 34.3. The fourth-order valence-electron chi connectivity index (χ4n) is 12.0. The lowest BCUT2D eigenvalue weighted by Crippen LogP contribution is -2.66. The average molecular weight is 1220 g/mol. The summed E-state index contributed by atoms with van der Waals surface area (Å²) in [5.74, 6) is -0.273. The summed E-state index contributed by atoms with van der Waals surface area (Å²) in [5, 5.41) is 120. The first-order valence-corrected chi connectivity index (χ1v) is 34.4. The van der Waals surface area contributed by atoms with Gasteiger partial charge in [-0.2, -0.15) is 0 Å². The molecule has 3 aliphatic heterocycles. The Morgan fingerprint density at radius 2 is 0.729 bits per heavy atom. The van der Waals surface area contributed by atoms with Gasteiger partial charge in [0.25, 0.3) is 0 Å². The Kier molecular flexibility index (Phi) is 45.1. The maximum atomic E-state index is 13.3. The quantitative estimate of drug-likeness (QED) is 0.0201. The lowest BCUT2D eigenvalue weighted by Gasteiger charge is -2.48. The zero-order valence-corrected chi connectivity index (χ0v) is 52.9. The molecule has 3 saturated heterocycles. The number of nitrogens with one attached hydrogen (secondary N) is 1. The van der Waals surface area contributed by atoms with Crippen LogP contribution in [0.25, 0.3) is 0 Å². The van der Waals surface area contributed by atoms with E-state index in [9.17, 15) is 61.0 Å². The van der Waals surface area contributed by atoms with Crippen LogP contribution in [-0.4, -0.2) is 193 Å². The van der Waals surface area contributed by atoms with Gasteiger partial charge in [-0.1, -0.05) is 257 Å².